The number of carboxylic acid groups (broad SMARTS) is 1. The first-order valence-electron chi connectivity index (χ1n) is 6.37. The van der Waals surface area contributed by atoms with Gasteiger partial charge in [0.25, 0.3) is 0 Å². The number of aliphatic carboxylic acids is 1. The number of hydrogen-bond donors (Lipinski definition) is 2. The standard InChI is InChI=1S/C12H20N2O4S/c1-3-4-5-10(15)14-7-19-6-9(14)11(16)13-8(2)12(17)18/h8-9H,3-7H2,1-2H3,(H,13,16)(H,17,18)/t8-,9?/m1/s1. The van der Waals surface area contributed by atoms with Crippen LogP contribution < -0.4 is 5.32 Å². The van der Waals surface area contributed by atoms with Gasteiger partial charge in [0.2, 0.25) is 11.8 Å². The molecule has 108 valence electrons. The average molecular weight is 288 g/mol. The van der Waals surface area contributed by atoms with Gasteiger partial charge in [-0.1, -0.05) is 13.3 Å². The Morgan fingerprint density at radius 2 is 2.16 bits per heavy atom. The molecule has 19 heavy (non-hydrogen) atoms. The van der Waals surface area contributed by atoms with Crippen molar-refractivity contribution in [3.05, 3.63) is 0 Å². The molecule has 2 N–H and O–H groups in total. The van der Waals surface area contributed by atoms with Gasteiger partial charge in [0, 0.05) is 12.2 Å². The van der Waals surface area contributed by atoms with Crippen LogP contribution in [0.2, 0.25) is 0 Å². The molecule has 0 aromatic rings. The number of nitrogens with one attached hydrogen (secondary N) is 1. The fraction of sp³-hybridized carbons (Fsp3) is 0.750. The van der Waals surface area contributed by atoms with E-state index in [1.807, 2.05) is 6.92 Å². The Bertz CT molecular complexity index is 362. The minimum atomic E-state index is -1.08. The van der Waals surface area contributed by atoms with Gasteiger partial charge in [0.1, 0.15) is 12.1 Å². The van der Waals surface area contributed by atoms with E-state index in [-0.39, 0.29) is 11.8 Å². The molecule has 2 atom stereocenters. The molecule has 1 unspecified atom stereocenters. The van der Waals surface area contributed by atoms with Crippen LogP contribution in [0.1, 0.15) is 33.1 Å². The van der Waals surface area contributed by atoms with Gasteiger partial charge in [-0.05, 0) is 13.3 Å². The lowest BCUT2D eigenvalue weighted by molar-refractivity contribution is -0.143. The lowest BCUT2D eigenvalue weighted by atomic mass is 10.2. The molecule has 1 aliphatic heterocycles. The highest BCUT2D eigenvalue weighted by molar-refractivity contribution is 7.99. The predicted molar refractivity (Wildman–Crippen MR) is 72.7 cm³/mol. The number of unbranched alkanes of at least 4 members (excludes halogenated alkanes) is 1. The SMILES string of the molecule is CCCCC(=O)N1CSCC1C(=O)N[C@H](C)C(=O)O. The van der Waals surface area contributed by atoms with Gasteiger partial charge >= 0.3 is 5.97 Å². The van der Waals surface area contributed by atoms with Crippen molar-refractivity contribution in [2.75, 3.05) is 11.6 Å². The summed E-state index contributed by atoms with van der Waals surface area (Å²) in [6.45, 7) is 3.41. The molecule has 0 bridgehead atoms. The number of hydrogen-bond acceptors (Lipinski definition) is 4. The molecule has 7 heteroatoms. The maximum atomic E-state index is 12.0. The first kappa shape index (κ1) is 15.8. The van der Waals surface area contributed by atoms with Crippen molar-refractivity contribution in [2.24, 2.45) is 0 Å². The molecule has 1 aliphatic rings. The number of carbonyl (C=O) groups is 3. The van der Waals surface area contributed by atoms with Crippen LogP contribution in [0.25, 0.3) is 0 Å². The van der Waals surface area contributed by atoms with Crippen LogP contribution in [0.15, 0.2) is 0 Å². The van der Waals surface area contributed by atoms with Crippen molar-refractivity contribution >= 4 is 29.5 Å². The Morgan fingerprint density at radius 1 is 1.47 bits per heavy atom. The van der Waals surface area contributed by atoms with Gasteiger partial charge in [0.05, 0.1) is 5.88 Å². The third-order valence-corrected chi connectivity index (χ3v) is 3.99. The van der Waals surface area contributed by atoms with E-state index in [1.165, 1.54) is 18.7 Å². The van der Waals surface area contributed by atoms with E-state index < -0.39 is 18.1 Å². The lowest BCUT2D eigenvalue weighted by Crippen LogP contribution is -2.51. The van der Waals surface area contributed by atoms with Gasteiger partial charge in [-0.15, -0.1) is 11.8 Å². The van der Waals surface area contributed by atoms with Crippen molar-refractivity contribution < 1.29 is 19.5 Å². The normalized spacial score (nSPS) is 20.1. The number of thioether (sulfide) groups is 1. The zero-order valence-electron chi connectivity index (χ0n) is 11.2. The Hall–Kier alpha value is -1.24. The quantitative estimate of drug-likeness (QED) is 0.750. The maximum Gasteiger partial charge on any atom is 0.325 e. The summed E-state index contributed by atoms with van der Waals surface area (Å²) in [5.41, 5.74) is 0. The molecule has 0 aromatic carbocycles. The molecular formula is C12H20N2O4S. The highest BCUT2D eigenvalue weighted by Crippen LogP contribution is 2.22. The largest absolute Gasteiger partial charge is 0.480 e. The summed E-state index contributed by atoms with van der Waals surface area (Å²) in [4.78, 5) is 36.2. The molecule has 2 amide bonds. The topological polar surface area (TPSA) is 86.7 Å². The zero-order valence-corrected chi connectivity index (χ0v) is 12.0. The van der Waals surface area contributed by atoms with Gasteiger partial charge < -0.3 is 15.3 Å². The van der Waals surface area contributed by atoms with Crippen LogP contribution in [-0.2, 0) is 14.4 Å². The first-order valence-corrected chi connectivity index (χ1v) is 7.53. The first-order chi connectivity index (χ1) is 8.97. The van der Waals surface area contributed by atoms with E-state index in [1.54, 1.807) is 4.90 Å². The Kier molecular flexibility index (Phi) is 6.14. The lowest BCUT2D eigenvalue weighted by Gasteiger charge is -2.23. The molecule has 0 saturated carbocycles. The Balaban J connectivity index is 2.58. The van der Waals surface area contributed by atoms with Crippen molar-refractivity contribution in [2.45, 2.75) is 45.2 Å². The fourth-order valence-electron chi connectivity index (χ4n) is 1.75. The van der Waals surface area contributed by atoms with Crippen molar-refractivity contribution in [3.63, 3.8) is 0 Å². The summed E-state index contributed by atoms with van der Waals surface area (Å²) in [7, 11) is 0. The van der Waals surface area contributed by atoms with E-state index in [0.29, 0.717) is 18.1 Å². The maximum absolute atomic E-state index is 12.0. The fourth-order valence-corrected chi connectivity index (χ4v) is 2.93. The number of rotatable bonds is 6. The minimum absolute atomic E-state index is 0.0324. The third kappa shape index (κ3) is 4.41. The van der Waals surface area contributed by atoms with Crippen LogP contribution in [0.5, 0.6) is 0 Å². The zero-order chi connectivity index (χ0) is 14.4. The highest BCUT2D eigenvalue weighted by Gasteiger charge is 2.35. The minimum Gasteiger partial charge on any atom is -0.480 e. The second-order valence-electron chi connectivity index (χ2n) is 4.55. The highest BCUT2D eigenvalue weighted by atomic mass is 32.2. The van der Waals surface area contributed by atoms with Crippen LogP contribution in [-0.4, -0.2) is 51.5 Å². The van der Waals surface area contributed by atoms with Crippen LogP contribution in [0.3, 0.4) is 0 Å². The van der Waals surface area contributed by atoms with Gasteiger partial charge in [-0.25, -0.2) is 0 Å². The molecule has 0 aromatic heterocycles. The molecule has 1 saturated heterocycles. The summed E-state index contributed by atoms with van der Waals surface area (Å²) >= 11 is 1.51. The van der Waals surface area contributed by atoms with Crippen LogP contribution >= 0.6 is 11.8 Å². The Morgan fingerprint density at radius 3 is 2.74 bits per heavy atom. The smallest absolute Gasteiger partial charge is 0.325 e. The summed E-state index contributed by atoms with van der Waals surface area (Å²) < 4.78 is 0. The summed E-state index contributed by atoms with van der Waals surface area (Å²) in [6, 6.07) is -1.48. The van der Waals surface area contributed by atoms with Crippen LogP contribution in [0, 0.1) is 0 Å². The average Bonchev–Trinajstić information content (AvgIpc) is 2.84. The second-order valence-corrected chi connectivity index (χ2v) is 5.55. The van der Waals surface area contributed by atoms with Gasteiger partial charge in [0.15, 0.2) is 0 Å². The van der Waals surface area contributed by atoms with Crippen molar-refractivity contribution in [3.8, 4) is 0 Å². The number of carbonyl (C=O) groups excluding carboxylic acids is 2. The number of nitrogens with zero attached hydrogens (tertiary/aromatic N) is 1. The molecule has 0 aliphatic carbocycles. The molecular weight excluding hydrogens is 268 g/mol. The van der Waals surface area contributed by atoms with E-state index in [9.17, 15) is 14.4 Å². The number of amides is 2. The summed E-state index contributed by atoms with van der Waals surface area (Å²) in [5, 5.41) is 11.2. The van der Waals surface area contributed by atoms with E-state index in [2.05, 4.69) is 5.32 Å². The van der Waals surface area contributed by atoms with E-state index in [0.717, 1.165) is 12.8 Å². The van der Waals surface area contributed by atoms with E-state index >= 15 is 0 Å². The van der Waals surface area contributed by atoms with Gasteiger partial charge in [-0.2, -0.15) is 0 Å². The summed E-state index contributed by atoms with van der Waals surface area (Å²) in [6.07, 6.45) is 2.18. The molecule has 1 fully saturated rings. The second kappa shape index (κ2) is 7.37. The number of carboxylic acids is 1. The summed E-state index contributed by atoms with van der Waals surface area (Å²) in [5.74, 6) is -0.472. The predicted octanol–water partition coefficient (Wildman–Crippen LogP) is 0.667. The van der Waals surface area contributed by atoms with Gasteiger partial charge in [-0.3, -0.25) is 14.4 Å². The monoisotopic (exact) mass is 288 g/mol. The molecule has 1 heterocycles. The molecule has 1 rings (SSSR count). The van der Waals surface area contributed by atoms with E-state index in [4.69, 9.17) is 5.11 Å². The third-order valence-electron chi connectivity index (χ3n) is 2.98. The van der Waals surface area contributed by atoms with Crippen molar-refractivity contribution in [1.29, 1.82) is 0 Å². The van der Waals surface area contributed by atoms with Crippen molar-refractivity contribution in [1.82, 2.24) is 10.2 Å². The molecule has 6 nitrogen and oxygen atoms in total. The molecule has 0 radical (unpaired) electrons. The Labute approximate surface area is 116 Å². The molecule has 0 spiro atoms. The van der Waals surface area contributed by atoms with Crippen LogP contribution in [0.4, 0.5) is 0 Å².